The van der Waals surface area contributed by atoms with E-state index in [1.807, 2.05) is 0 Å². The predicted octanol–water partition coefficient (Wildman–Crippen LogP) is 2.82. The van der Waals surface area contributed by atoms with E-state index in [2.05, 4.69) is 48.6 Å². The molecule has 23 heavy (non-hydrogen) atoms. The summed E-state index contributed by atoms with van der Waals surface area (Å²) < 4.78 is 0. The second-order valence-corrected chi connectivity index (χ2v) is 7.08. The SMILES string of the molecule is CCNC(=NCCCC(=O)NC1CC1)NC(C)CCCC(C)C. The van der Waals surface area contributed by atoms with E-state index in [4.69, 9.17) is 0 Å². The van der Waals surface area contributed by atoms with Crippen molar-refractivity contribution in [2.45, 2.75) is 84.7 Å². The molecular formula is C18H36N4O. The fourth-order valence-corrected chi connectivity index (χ4v) is 2.42. The van der Waals surface area contributed by atoms with Crippen LogP contribution >= 0.6 is 0 Å². The normalized spacial score (nSPS) is 16.3. The topological polar surface area (TPSA) is 65.5 Å². The third-order valence-corrected chi connectivity index (χ3v) is 3.92. The number of amides is 1. The lowest BCUT2D eigenvalue weighted by molar-refractivity contribution is -0.121. The van der Waals surface area contributed by atoms with Crippen molar-refractivity contribution in [1.82, 2.24) is 16.0 Å². The van der Waals surface area contributed by atoms with Gasteiger partial charge in [-0.25, -0.2) is 0 Å². The maximum Gasteiger partial charge on any atom is 0.220 e. The molecule has 0 aromatic rings. The van der Waals surface area contributed by atoms with Crippen LogP contribution in [-0.4, -0.2) is 37.0 Å². The number of guanidine groups is 1. The first-order valence-electron chi connectivity index (χ1n) is 9.35. The summed E-state index contributed by atoms with van der Waals surface area (Å²) in [6.45, 7) is 10.4. The van der Waals surface area contributed by atoms with Gasteiger partial charge in [0.15, 0.2) is 5.96 Å². The molecule has 1 saturated carbocycles. The highest BCUT2D eigenvalue weighted by Gasteiger charge is 2.22. The van der Waals surface area contributed by atoms with Crippen molar-refractivity contribution in [2.75, 3.05) is 13.1 Å². The number of nitrogens with zero attached hydrogens (tertiary/aromatic N) is 1. The largest absolute Gasteiger partial charge is 0.357 e. The van der Waals surface area contributed by atoms with Crippen molar-refractivity contribution in [1.29, 1.82) is 0 Å². The van der Waals surface area contributed by atoms with Crippen LogP contribution in [0, 0.1) is 5.92 Å². The lowest BCUT2D eigenvalue weighted by atomic mass is 10.0. The second-order valence-electron chi connectivity index (χ2n) is 7.08. The summed E-state index contributed by atoms with van der Waals surface area (Å²) in [6, 6.07) is 0.876. The predicted molar refractivity (Wildman–Crippen MR) is 97.7 cm³/mol. The molecule has 1 amide bonds. The molecule has 1 aliphatic carbocycles. The van der Waals surface area contributed by atoms with Crippen LogP contribution in [0.1, 0.15) is 72.6 Å². The van der Waals surface area contributed by atoms with Gasteiger partial charge in [0.2, 0.25) is 5.91 Å². The van der Waals surface area contributed by atoms with E-state index < -0.39 is 0 Å². The van der Waals surface area contributed by atoms with E-state index in [1.165, 1.54) is 12.8 Å². The highest BCUT2D eigenvalue weighted by atomic mass is 16.1. The Bertz CT molecular complexity index is 364. The zero-order valence-corrected chi connectivity index (χ0v) is 15.5. The molecule has 5 nitrogen and oxygen atoms in total. The van der Waals surface area contributed by atoms with Crippen LogP contribution in [0.4, 0.5) is 0 Å². The molecule has 5 heteroatoms. The average molecular weight is 325 g/mol. The van der Waals surface area contributed by atoms with E-state index in [9.17, 15) is 4.79 Å². The lowest BCUT2D eigenvalue weighted by Gasteiger charge is -2.18. The van der Waals surface area contributed by atoms with Crippen molar-refractivity contribution in [3.05, 3.63) is 0 Å². The monoisotopic (exact) mass is 324 g/mol. The molecule has 1 rings (SSSR count). The van der Waals surface area contributed by atoms with Gasteiger partial charge in [-0.15, -0.1) is 0 Å². The van der Waals surface area contributed by atoms with Crippen LogP contribution in [0.25, 0.3) is 0 Å². The van der Waals surface area contributed by atoms with Crippen molar-refractivity contribution in [3.63, 3.8) is 0 Å². The van der Waals surface area contributed by atoms with Gasteiger partial charge in [0.25, 0.3) is 0 Å². The van der Waals surface area contributed by atoms with Gasteiger partial charge >= 0.3 is 0 Å². The van der Waals surface area contributed by atoms with Gasteiger partial charge in [0, 0.05) is 31.6 Å². The molecule has 134 valence electrons. The Morgan fingerprint density at radius 3 is 2.52 bits per heavy atom. The molecule has 1 fully saturated rings. The number of nitrogens with one attached hydrogen (secondary N) is 3. The van der Waals surface area contributed by atoms with Crippen LogP contribution in [0.5, 0.6) is 0 Å². The first-order valence-corrected chi connectivity index (χ1v) is 9.35. The molecule has 0 aliphatic heterocycles. The third kappa shape index (κ3) is 11.0. The minimum absolute atomic E-state index is 0.169. The summed E-state index contributed by atoms with van der Waals surface area (Å²) in [7, 11) is 0. The molecule has 1 atom stereocenters. The van der Waals surface area contributed by atoms with Crippen molar-refractivity contribution in [2.24, 2.45) is 10.9 Å². The maximum absolute atomic E-state index is 11.6. The van der Waals surface area contributed by atoms with Crippen molar-refractivity contribution in [3.8, 4) is 0 Å². The van der Waals surface area contributed by atoms with Gasteiger partial charge in [0.1, 0.15) is 0 Å². The average Bonchev–Trinajstić information content (AvgIpc) is 3.27. The summed E-state index contributed by atoms with van der Waals surface area (Å²) in [6.07, 6.45) is 7.34. The number of carbonyl (C=O) groups excluding carboxylic acids is 1. The zero-order valence-electron chi connectivity index (χ0n) is 15.5. The second kappa shape index (κ2) is 11.3. The molecule has 0 aromatic heterocycles. The van der Waals surface area contributed by atoms with Gasteiger partial charge in [-0.1, -0.05) is 26.7 Å². The van der Waals surface area contributed by atoms with Crippen molar-refractivity contribution >= 4 is 11.9 Å². The Morgan fingerprint density at radius 2 is 1.91 bits per heavy atom. The zero-order chi connectivity index (χ0) is 17.1. The van der Waals surface area contributed by atoms with Gasteiger partial charge < -0.3 is 16.0 Å². The lowest BCUT2D eigenvalue weighted by Crippen LogP contribution is -2.42. The van der Waals surface area contributed by atoms with Crippen LogP contribution in [-0.2, 0) is 4.79 Å². The standard InChI is InChI=1S/C18H36N4O/c1-5-19-18(21-15(4)9-6-8-14(2)3)20-13-7-10-17(23)22-16-11-12-16/h14-16H,5-13H2,1-4H3,(H,22,23)(H2,19,20,21). The van der Waals surface area contributed by atoms with Gasteiger partial charge in [0.05, 0.1) is 0 Å². The quantitative estimate of drug-likeness (QED) is 0.311. The Hall–Kier alpha value is -1.26. The molecule has 1 aliphatic rings. The Kier molecular flexibility index (Phi) is 9.72. The molecule has 0 saturated heterocycles. The fraction of sp³-hybridized carbons (Fsp3) is 0.889. The van der Waals surface area contributed by atoms with Gasteiger partial charge in [-0.3, -0.25) is 9.79 Å². The summed E-state index contributed by atoms with van der Waals surface area (Å²) in [5.74, 6) is 1.81. The summed E-state index contributed by atoms with van der Waals surface area (Å²) in [5.41, 5.74) is 0. The van der Waals surface area contributed by atoms with Gasteiger partial charge in [-0.05, 0) is 45.4 Å². The van der Waals surface area contributed by atoms with E-state index in [1.54, 1.807) is 0 Å². The fourth-order valence-electron chi connectivity index (χ4n) is 2.42. The number of hydrogen-bond acceptors (Lipinski definition) is 2. The van der Waals surface area contributed by atoms with Crippen LogP contribution in [0.15, 0.2) is 4.99 Å². The summed E-state index contributed by atoms with van der Waals surface area (Å²) in [4.78, 5) is 16.2. The molecule has 0 spiro atoms. The van der Waals surface area contributed by atoms with Crippen molar-refractivity contribution < 1.29 is 4.79 Å². The minimum atomic E-state index is 0.169. The Morgan fingerprint density at radius 1 is 1.17 bits per heavy atom. The molecule has 0 radical (unpaired) electrons. The van der Waals surface area contributed by atoms with E-state index >= 15 is 0 Å². The third-order valence-electron chi connectivity index (χ3n) is 3.92. The number of hydrogen-bond donors (Lipinski definition) is 3. The smallest absolute Gasteiger partial charge is 0.220 e. The number of rotatable bonds is 11. The van der Waals surface area contributed by atoms with Gasteiger partial charge in [-0.2, -0.15) is 0 Å². The molecular weight excluding hydrogens is 288 g/mol. The first kappa shape index (κ1) is 19.8. The maximum atomic E-state index is 11.6. The molecule has 1 unspecified atom stereocenters. The molecule has 3 N–H and O–H groups in total. The number of carbonyl (C=O) groups is 1. The molecule has 0 aromatic carbocycles. The summed E-state index contributed by atoms with van der Waals surface area (Å²) >= 11 is 0. The Labute approximate surface area is 142 Å². The van der Waals surface area contributed by atoms with E-state index in [0.717, 1.165) is 44.1 Å². The van der Waals surface area contributed by atoms with Crippen LogP contribution in [0.2, 0.25) is 0 Å². The highest BCUT2D eigenvalue weighted by molar-refractivity contribution is 5.80. The van der Waals surface area contributed by atoms with Crippen LogP contribution < -0.4 is 16.0 Å². The van der Waals surface area contributed by atoms with E-state index in [0.29, 0.717) is 25.0 Å². The highest BCUT2D eigenvalue weighted by Crippen LogP contribution is 2.18. The Balaban J connectivity index is 2.21. The molecule has 0 bridgehead atoms. The van der Waals surface area contributed by atoms with Crippen LogP contribution in [0.3, 0.4) is 0 Å². The summed E-state index contributed by atoms with van der Waals surface area (Å²) in [5, 5.41) is 9.75. The molecule has 0 heterocycles. The van der Waals surface area contributed by atoms with E-state index in [-0.39, 0.29) is 5.91 Å². The minimum Gasteiger partial charge on any atom is -0.357 e. The first-order chi connectivity index (χ1) is 11.0. The number of aliphatic imine (C=N–C) groups is 1.